The second kappa shape index (κ2) is 6.69. The van der Waals surface area contributed by atoms with E-state index in [1.807, 2.05) is 0 Å². The normalized spacial score (nSPS) is 14.0. The van der Waals surface area contributed by atoms with Crippen LogP contribution in [-0.2, 0) is 18.8 Å². The Balaban J connectivity index is 1.83. The molecule has 1 aliphatic heterocycles. The van der Waals surface area contributed by atoms with Crippen LogP contribution in [0.2, 0.25) is 5.02 Å². The minimum atomic E-state index is -4.56. The largest absolute Gasteiger partial charge is 0.416 e. The zero-order valence-corrected chi connectivity index (χ0v) is 15.3. The molecule has 0 saturated heterocycles. The lowest BCUT2D eigenvalue weighted by Gasteiger charge is -2.12. The van der Waals surface area contributed by atoms with Crippen LogP contribution in [0.4, 0.5) is 32.2 Å². The Bertz CT molecular complexity index is 1070. The molecule has 0 amide bonds. The van der Waals surface area contributed by atoms with Gasteiger partial charge < -0.3 is 5.32 Å². The van der Waals surface area contributed by atoms with E-state index in [1.165, 1.54) is 16.8 Å². The topological polar surface area (TPSA) is 29.9 Å². The zero-order chi connectivity index (χ0) is 21.0. The highest BCUT2D eigenvalue weighted by atomic mass is 35.5. The van der Waals surface area contributed by atoms with E-state index in [1.54, 1.807) is 0 Å². The van der Waals surface area contributed by atoms with E-state index in [-0.39, 0.29) is 10.7 Å². The molecule has 0 spiro atoms. The number of nitrogens with zero attached hydrogens (tertiary/aromatic N) is 2. The molecule has 0 aliphatic carbocycles. The molecule has 2 aromatic carbocycles. The van der Waals surface area contributed by atoms with Gasteiger partial charge in [-0.3, -0.25) is 0 Å². The third-order valence-electron chi connectivity index (χ3n) is 4.64. The number of benzene rings is 2. The number of alkyl halides is 6. The van der Waals surface area contributed by atoms with Gasteiger partial charge in [-0.05, 0) is 36.8 Å². The van der Waals surface area contributed by atoms with Crippen LogP contribution in [0, 0.1) is 0 Å². The predicted molar refractivity (Wildman–Crippen MR) is 96.2 cm³/mol. The van der Waals surface area contributed by atoms with Crippen LogP contribution in [0.1, 0.15) is 16.7 Å². The van der Waals surface area contributed by atoms with Gasteiger partial charge in [0.2, 0.25) is 0 Å². The van der Waals surface area contributed by atoms with Gasteiger partial charge in [-0.2, -0.15) is 31.4 Å². The number of aromatic nitrogens is 2. The molecule has 152 valence electrons. The zero-order valence-electron chi connectivity index (χ0n) is 14.5. The standard InChI is InChI=1S/C19H12ClF6N3/c20-14-6-5-12(19(24,25)26)9-15(14)29-17-13(7-8-27-17)16(28-29)10-1-3-11(4-2-10)18(21,22)23/h1-6,9,27H,7-8H2. The molecule has 2 heterocycles. The van der Waals surface area contributed by atoms with Gasteiger partial charge in [-0.25, -0.2) is 4.68 Å². The average molecular weight is 432 g/mol. The molecule has 0 saturated carbocycles. The van der Waals surface area contributed by atoms with Gasteiger partial charge in [0.05, 0.1) is 27.5 Å². The predicted octanol–water partition coefficient (Wildman–Crippen LogP) is 6.20. The Hall–Kier alpha value is -2.68. The highest BCUT2D eigenvalue weighted by molar-refractivity contribution is 6.32. The molecule has 0 radical (unpaired) electrons. The van der Waals surface area contributed by atoms with Crippen molar-refractivity contribution < 1.29 is 26.3 Å². The summed E-state index contributed by atoms with van der Waals surface area (Å²) in [7, 11) is 0. The molecular formula is C19H12ClF6N3. The molecule has 3 aromatic rings. The lowest BCUT2D eigenvalue weighted by molar-refractivity contribution is -0.138. The summed E-state index contributed by atoms with van der Waals surface area (Å²) in [6, 6.07) is 7.39. The Morgan fingerprint density at radius 2 is 1.52 bits per heavy atom. The van der Waals surface area contributed by atoms with Crippen LogP contribution in [-0.4, -0.2) is 16.3 Å². The molecule has 0 unspecified atom stereocenters. The average Bonchev–Trinajstić information content (AvgIpc) is 3.23. The summed E-state index contributed by atoms with van der Waals surface area (Å²) in [6.45, 7) is 0.525. The second-order valence-electron chi connectivity index (χ2n) is 6.50. The van der Waals surface area contributed by atoms with Gasteiger partial charge in [0.1, 0.15) is 5.82 Å². The second-order valence-corrected chi connectivity index (χ2v) is 6.91. The maximum Gasteiger partial charge on any atom is 0.416 e. The van der Waals surface area contributed by atoms with Crippen LogP contribution >= 0.6 is 11.6 Å². The smallest absolute Gasteiger partial charge is 0.369 e. The van der Waals surface area contributed by atoms with Gasteiger partial charge in [0.25, 0.3) is 0 Å². The van der Waals surface area contributed by atoms with Crippen molar-refractivity contribution in [2.45, 2.75) is 18.8 Å². The molecule has 3 nitrogen and oxygen atoms in total. The fourth-order valence-corrected chi connectivity index (χ4v) is 3.45. The lowest BCUT2D eigenvalue weighted by Crippen LogP contribution is -2.09. The van der Waals surface area contributed by atoms with Crippen molar-refractivity contribution in [2.75, 3.05) is 11.9 Å². The Morgan fingerprint density at radius 3 is 2.14 bits per heavy atom. The van der Waals surface area contributed by atoms with Crippen LogP contribution < -0.4 is 5.32 Å². The van der Waals surface area contributed by atoms with Crippen LogP contribution in [0.3, 0.4) is 0 Å². The molecule has 0 fully saturated rings. The molecule has 1 aliphatic rings. The Kier molecular flexibility index (Phi) is 4.53. The van der Waals surface area contributed by atoms with E-state index in [9.17, 15) is 26.3 Å². The number of rotatable bonds is 2. The summed E-state index contributed by atoms with van der Waals surface area (Å²) in [5, 5.41) is 7.49. The van der Waals surface area contributed by atoms with E-state index in [0.29, 0.717) is 35.6 Å². The molecule has 0 bridgehead atoms. The Morgan fingerprint density at radius 1 is 0.897 bits per heavy atom. The van der Waals surface area contributed by atoms with Gasteiger partial charge in [-0.15, -0.1) is 0 Å². The quantitative estimate of drug-likeness (QED) is 0.490. The summed E-state index contributed by atoms with van der Waals surface area (Å²) in [4.78, 5) is 0. The number of nitrogens with one attached hydrogen (secondary N) is 1. The Labute approximate surface area is 165 Å². The van der Waals surface area contributed by atoms with E-state index in [2.05, 4.69) is 10.4 Å². The molecule has 0 atom stereocenters. The van der Waals surface area contributed by atoms with Crippen molar-refractivity contribution in [3.8, 4) is 16.9 Å². The van der Waals surface area contributed by atoms with Gasteiger partial charge >= 0.3 is 12.4 Å². The van der Waals surface area contributed by atoms with Gasteiger partial charge in [0.15, 0.2) is 0 Å². The highest BCUT2D eigenvalue weighted by Crippen LogP contribution is 2.39. The number of hydrogen-bond acceptors (Lipinski definition) is 2. The SMILES string of the molecule is FC(F)(F)c1ccc(-c2nn(-c3cc(C(F)(F)F)ccc3Cl)c3c2CCN3)cc1. The monoisotopic (exact) mass is 431 g/mol. The molecule has 1 N–H and O–H groups in total. The molecule has 10 heteroatoms. The van der Waals surface area contributed by atoms with Gasteiger partial charge in [-0.1, -0.05) is 23.7 Å². The maximum atomic E-state index is 13.1. The molecule has 4 rings (SSSR count). The fourth-order valence-electron chi connectivity index (χ4n) is 3.25. The first-order valence-corrected chi connectivity index (χ1v) is 8.84. The van der Waals surface area contributed by atoms with E-state index in [0.717, 1.165) is 30.3 Å². The molecule has 29 heavy (non-hydrogen) atoms. The third-order valence-corrected chi connectivity index (χ3v) is 4.96. The van der Waals surface area contributed by atoms with Crippen molar-refractivity contribution in [2.24, 2.45) is 0 Å². The van der Waals surface area contributed by atoms with E-state index in [4.69, 9.17) is 11.6 Å². The van der Waals surface area contributed by atoms with Crippen molar-refractivity contribution in [3.05, 3.63) is 64.2 Å². The summed E-state index contributed by atoms with van der Waals surface area (Å²) in [5.41, 5.74) is -0.109. The van der Waals surface area contributed by atoms with E-state index >= 15 is 0 Å². The minimum Gasteiger partial charge on any atom is -0.369 e. The fraction of sp³-hybridized carbons (Fsp3) is 0.211. The summed E-state index contributed by atoms with van der Waals surface area (Å²) < 4.78 is 79.0. The lowest BCUT2D eigenvalue weighted by atomic mass is 10.0. The highest BCUT2D eigenvalue weighted by Gasteiger charge is 2.33. The van der Waals surface area contributed by atoms with Crippen LogP contribution in [0.15, 0.2) is 42.5 Å². The van der Waals surface area contributed by atoms with Crippen molar-refractivity contribution in [1.82, 2.24) is 9.78 Å². The summed E-state index contributed by atoms with van der Waals surface area (Å²) in [5.74, 6) is 0.473. The first-order valence-electron chi connectivity index (χ1n) is 8.46. The number of hydrogen-bond donors (Lipinski definition) is 1. The number of halogens is 7. The minimum absolute atomic E-state index is 0.0327. The van der Waals surface area contributed by atoms with Crippen molar-refractivity contribution in [1.29, 1.82) is 0 Å². The molecular weight excluding hydrogens is 420 g/mol. The third kappa shape index (κ3) is 3.55. The van der Waals surface area contributed by atoms with Crippen molar-refractivity contribution in [3.63, 3.8) is 0 Å². The first-order chi connectivity index (χ1) is 13.6. The van der Waals surface area contributed by atoms with Crippen molar-refractivity contribution >= 4 is 17.4 Å². The summed E-state index contributed by atoms with van der Waals surface area (Å²) >= 11 is 6.13. The number of anilines is 1. The maximum absolute atomic E-state index is 13.1. The number of fused-ring (bicyclic) bond motifs is 1. The summed E-state index contributed by atoms with van der Waals surface area (Å²) in [6.07, 6.45) is -8.49. The molecule has 1 aromatic heterocycles. The first kappa shape index (κ1) is 19.6. The van der Waals surface area contributed by atoms with Crippen LogP contribution in [0.5, 0.6) is 0 Å². The van der Waals surface area contributed by atoms with E-state index < -0.39 is 23.5 Å². The van der Waals surface area contributed by atoms with Crippen LogP contribution in [0.25, 0.3) is 16.9 Å². The van der Waals surface area contributed by atoms with Gasteiger partial charge in [0, 0.05) is 17.7 Å².